The van der Waals surface area contributed by atoms with Crippen molar-refractivity contribution in [1.82, 2.24) is 10.2 Å². The summed E-state index contributed by atoms with van der Waals surface area (Å²) < 4.78 is 5.20. The van der Waals surface area contributed by atoms with Crippen molar-refractivity contribution in [3.63, 3.8) is 0 Å². The van der Waals surface area contributed by atoms with Gasteiger partial charge in [-0.2, -0.15) is 0 Å². The van der Waals surface area contributed by atoms with Gasteiger partial charge < -0.3 is 20.1 Å². The molecule has 1 saturated heterocycles. The van der Waals surface area contributed by atoms with E-state index < -0.39 is 35.8 Å². The Morgan fingerprint density at radius 2 is 1.96 bits per heavy atom. The molecule has 6 atom stereocenters. The van der Waals surface area contributed by atoms with Gasteiger partial charge in [0.2, 0.25) is 11.8 Å². The Morgan fingerprint density at radius 3 is 2.50 bits per heavy atom. The molecule has 2 aliphatic rings. The van der Waals surface area contributed by atoms with Crippen LogP contribution in [0.15, 0.2) is 12.2 Å². The second kappa shape index (κ2) is 8.20. The van der Waals surface area contributed by atoms with E-state index in [1.807, 2.05) is 32.9 Å². The fourth-order valence-corrected chi connectivity index (χ4v) is 4.07. The van der Waals surface area contributed by atoms with Crippen molar-refractivity contribution in [2.45, 2.75) is 52.7 Å². The van der Waals surface area contributed by atoms with E-state index >= 15 is 0 Å². The van der Waals surface area contributed by atoms with Gasteiger partial charge in [0, 0.05) is 12.0 Å². The topological polar surface area (TPSA) is 95.9 Å². The third-order valence-corrected chi connectivity index (χ3v) is 5.21. The Morgan fingerprint density at radius 1 is 1.31 bits per heavy atom. The molecule has 0 bridgehead atoms. The van der Waals surface area contributed by atoms with Crippen molar-refractivity contribution < 1.29 is 24.2 Å². The number of carbonyl (C=O) groups excluding carboxylic acids is 3. The number of carbonyl (C=O) groups is 3. The van der Waals surface area contributed by atoms with Crippen molar-refractivity contribution in [3.8, 4) is 0 Å². The number of amides is 2. The zero-order valence-electron chi connectivity index (χ0n) is 16.1. The lowest BCUT2D eigenvalue weighted by Gasteiger charge is -2.32. The number of nitrogens with zero attached hydrogens (tertiary/aromatic N) is 1. The summed E-state index contributed by atoms with van der Waals surface area (Å²) in [6.07, 6.45) is 3.76. The number of hydrogen-bond acceptors (Lipinski definition) is 5. The van der Waals surface area contributed by atoms with Gasteiger partial charge in [0.15, 0.2) is 0 Å². The van der Waals surface area contributed by atoms with Crippen LogP contribution in [0.1, 0.15) is 34.6 Å². The molecule has 7 nitrogen and oxygen atoms in total. The van der Waals surface area contributed by atoms with Crippen LogP contribution in [0.5, 0.6) is 0 Å². The first-order chi connectivity index (χ1) is 12.2. The van der Waals surface area contributed by atoms with Gasteiger partial charge in [-0.05, 0) is 33.6 Å². The highest BCUT2D eigenvalue weighted by Crippen LogP contribution is 2.45. The molecule has 7 heteroatoms. The number of aliphatic hydroxyl groups is 1. The summed E-state index contributed by atoms with van der Waals surface area (Å²) in [6.45, 7) is 9.01. The molecule has 0 saturated carbocycles. The number of aliphatic hydroxyl groups excluding tert-OH is 1. The molecule has 1 fully saturated rings. The van der Waals surface area contributed by atoms with E-state index in [-0.39, 0.29) is 37.0 Å². The summed E-state index contributed by atoms with van der Waals surface area (Å²) in [6, 6.07) is -1.32. The lowest BCUT2D eigenvalue weighted by molar-refractivity contribution is -0.155. The summed E-state index contributed by atoms with van der Waals surface area (Å²) in [5, 5.41) is 12.5. The first-order valence-corrected chi connectivity index (χ1v) is 9.32. The first kappa shape index (κ1) is 20.4. The molecule has 0 spiro atoms. The Kier molecular flexibility index (Phi) is 6.44. The predicted octanol–water partition coefficient (Wildman–Crippen LogP) is 0.720. The van der Waals surface area contributed by atoms with Crippen molar-refractivity contribution in [2.24, 2.45) is 23.7 Å². The molecule has 0 unspecified atom stereocenters. The Labute approximate surface area is 154 Å². The number of fused-ring (bicyclic) bond motifs is 1. The van der Waals surface area contributed by atoms with Gasteiger partial charge in [0.05, 0.1) is 31.1 Å². The number of nitrogens with one attached hydrogen (secondary N) is 1. The fourth-order valence-electron chi connectivity index (χ4n) is 4.07. The maximum absolute atomic E-state index is 13.2. The molecule has 1 heterocycles. The largest absolute Gasteiger partial charge is 0.466 e. The minimum absolute atomic E-state index is 0.0738. The van der Waals surface area contributed by atoms with Crippen molar-refractivity contribution in [1.29, 1.82) is 0 Å². The zero-order valence-corrected chi connectivity index (χ0v) is 16.1. The fraction of sp³-hybridized carbons (Fsp3) is 0.737. The summed E-state index contributed by atoms with van der Waals surface area (Å²) >= 11 is 0. The highest BCUT2D eigenvalue weighted by Gasteiger charge is 2.58. The molecule has 0 aromatic heterocycles. The van der Waals surface area contributed by atoms with Crippen LogP contribution in [0.25, 0.3) is 0 Å². The minimum Gasteiger partial charge on any atom is -0.466 e. The van der Waals surface area contributed by atoms with Crippen molar-refractivity contribution in [2.75, 3.05) is 13.2 Å². The molecule has 0 aromatic rings. The van der Waals surface area contributed by atoms with E-state index in [1.165, 1.54) is 4.90 Å². The van der Waals surface area contributed by atoms with E-state index in [0.29, 0.717) is 0 Å². The van der Waals surface area contributed by atoms with Crippen LogP contribution in [0, 0.1) is 23.7 Å². The molecule has 26 heavy (non-hydrogen) atoms. The molecule has 0 radical (unpaired) electrons. The van der Waals surface area contributed by atoms with Gasteiger partial charge >= 0.3 is 5.97 Å². The molecule has 2 N–H and O–H groups in total. The summed E-state index contributed by atoms with van der Waals surface area (Å²) in [5.74, 6) is -2.78. The van der Waals surface area contributed by atoms with Crippen LogP contribution in [0.4, 0.5) is 0 Å². The second-order valence-corrected chi connectivity index (χ2v) is 7.51. The monoisotopic (exact) mass is 366 g/mol. The van der Waals surface area contributed by atoms with Gasteiger partial charge in [-0.25, -0.2) is 0 Å². The Hall–Kier alpha value is -1.89. The van der Waals surface area contributed by atoms with Gasteiger partial charge in [-0.1, -0.05) is 19.1 Å². The Bertz CT molecular complexity index is 588. The number of likely N-dealkylation sites (tertiary alicyclic amines) is 1. The molecule has 2 amide bonds. The molecule has 1 aliphatic carbocycles. The summed E-state index contributed by atoms with van der Waals surface area (Å²) in [4.78, 5) is 40.0. The van der Waals surface area contributed by atoms with Gasteiger partial charge in [-0.3, -0.25) is 14.4 Å². The SMILES string of the molecule is CCOC(=O)[C@H]1[C@H]2C(=O)N([C@H](C)CO)[C@H](C(=O)NC(C)C)[C@H]2C=C[C@H]1C. The normalized spacial score (nSPS) is 31.7. The van der Waals surface area contributed by atoms with E-state index in [4.69, 9.17) is 4.74 Å². The van der Waals surface area contributed by atoms with Crippen LogP contribution < -0.4 is 5.32 Å². The van der Waals surface area contributed by atoms with Crippen LogP contribution >= 0.6 is 0 Å². The maximum Gasteiger partial charge on any atom is 0.310 e. The predicted molar refractivity (Wildman–Crippen MR) is 95.9 cm³/mol. The van der Waals surface area contributed by atoms with E-state index in [2.05, 4.69) is 5.32 Å². The number of ether oxygens (including phenoxy) is 1. The minimum atomic E-state index is -0.738. The van der Waals surface area contributed by atoms with Crippen LogP contribution in [-0.2, 0) is 19.1 Å². The van der Waals surface area contributed by atoms with Gasteiger partial charge in [0.1, 0.15) is 6.04 Å². The lowest BCUT2D eigenvalue weighted by Crippen LogP contribution is -2.52. The highest BCUT2D eigenvalue weighted by atomic mass is 16.5. The Balaban J connectivity index is 2.45. The average molecular weight is 366 g/mol. The molecule has 1 aliphatic heterocycles. The third kappa shape index (κ3) is 3.63. The smallest absolute Gasteiger partial charge is 0.310 e. The standard InChI is InChI=1S/C19H30N2O5/c1-6-26-19(25)14-11(4)7-8-13-15(14)18(24)21(12(5)9-22)16(13)17(23)20-10(2)3/h7-8,10-16,22H,6,9H2,1-5H3,(H,20,23)/t11-,12-,13+,14-,15+,16+/m1/s1. The molecule has 0 aromatic carbocycles. The average Bonchev–Trinajstić information content (AvgIpc) is 2.86. The second-order valence-electron chi connectivity index (χ2n) is 7.51. The summed E-state index contributed by atoms with van der Waals surface area (Å²) in [7, 11) is 0. The van der Waals surface area contributed by atoms with Gasteiger partial charge in [0.25, 0.3) is 0 Å². The van der Waals surface area contributed by atoms with E-state index in [1.54, 1.807) is 13.8 Å². The van der Waals surface area contributed by atoms with E-state index in [9.17, 15) is 19.5 Å². The highest BCUT2D eigenvalue weighted by molar-refractivity contribution is 5.96. The number of hydrogen-bond donors (Lipinski definition) is 2. The molecular formula is C19H30N2O5. The van der Waals surface area contributed by atoms with Crippen LogP contribution in [0.3, 0.4) is 0 Å². The molecule has 146 valence electrons. The van der Waals surface area contributed by atoms with Crippen molar-refractivity contribution in [3.05, 3.63) is 12.2 Å². The molecular weight excluding hydrogens is 336 g/mol. The number of rotatable bonds is 6. The zero-order chi connectivity index (χ0) is 19.6. The number of allylic oxidation sites excluding steroid dienone is 1. The summed E-state index contributed by atoms with van der Waals surface area (Å²) in [5.41, 5.74) is 0. The van der Waals surface area contributed by atoms with Crippen LogP contribution in [-0.4, -0.2) is 59.1 Å². The van der Waals surface area contributed by atoms with E-state index in [0.717, 1.165) is 0 Å². The van der Waals surface area contributed by atoms with Crippen molar-refractivity contribution >= 4 is 17.8 Å². The third-order valence-electron chi connectivity index (χ3n) is 5.21. The van der Waals surface area contributed by atoms with Gasteiger partial charge in [-0.15, -0.1) is 0 Å². The quantitative estimate of drug-likeness (QED) is 0.533. The lowest BCUT2D eigenvalue weighted by atomic mass is 9.70. The first-order valence-electron chi connectivity index (χ1n) is 9.32. The molecule has 2 rings (SSSR count). The number of esters is 1. The van der Waals surface area contributed by atoms with Crippen LogP contribution in [0.2, 0.25) is 0 Å². The maximum atomic E-state index is 13.2.